The third kappa shape index (κ3) is 3.71. The van der Waals surface area contributed by atoms with Crippen LogP contribution in [0.5, 0.6) is 11.5 Å². The summed E-state index contributed by atoms with van der Waals surface area (Å²) in [6.45, 7) is 7.26. The van der Waals surface area contributed by atoms with Gasteiger partial charge in [-0.2, -0.15) is 5.10 Å². The summed E-state index contributed by atoms with van der Waals surface area (Å²) in [4.78, 5) is 0. The van der Waals surface area contributed by atoms with Gasteiger partial charge in [0.1, 0.15) is 13.2 Å². The Morgan fingerprint density at radius 1 is 1.40 bits per heavy atom. The monoisotopic (exact) mass is 291 g/mol. The number of fused-ring (bicyclic) bond motifs is 1. The van der Waals surface area contributed by atoms with Crippen molar-refractivity contribution in [1.29, 1.82) is 0 Å². The predicted octanol–water partition coefficient (Wildman–Crippen LogP) is 1.83. The third-order valence-corrected chi connectivity index (χ3v) is 2.93. The minimum atomic E-state index is 0.460. The van der Waals surface area contributed by atoms with Gasteiger partial charge in [0.2, 0.25) is 0 Å². The third-order valence-electron chi connectivity index (χ3n) is 2.69. The molecule has 2 N–H and O–H groups in total. The van der Waals surface area contributed by atoms with Gasteiger partial charge >= 0.3 is 0 Å². The number of nitrogens with one attached hydrogen (secondary N) is 2. The van der Waals surface area contributed by atoms with Gasteiger partial charge in [0, 0.05) is 12.1 Å². The molecule has 0 aliphatic carbocycles. The van der Waals surface area contributed by atoms with E-state index in [0.29, 0.717) is 24.9 Å². The van der Waals surface area contributed by atoms with E-state index in [0.717, 1.165) is 22.8 Å². The van der Waals surface area contributed by atoms with E-state index in [9.17, 15) is 0 Å². The number of hydrazone groups is 1. The molecule has 1 heterocycles. The van der Waals surface area contributed by atoms with E-state index in [4.69, 9.17) is 21.7 Å². The van der Waals surface area contributed by atoms with Crippen molar-refractivity contribution in [1.82, 2.24) is 10.7 Å². The lowest BCUT2D eigenvalue weighted by molar-refractivity contribution is 0.171. The quantitative estimate of drug-likeness (QED) is 0.384. The topological polar surface area (TPSA) is 54.9 Å². The van der Waals surface area contributed by atoms with Crippen molar-refractivity contribution in [2.75, 3.05) is 19.8 Å². The Hall–Kier alpha value is -2.08. The van der Waals surface area contributed by atoms with Crippen LogP contribution < -0.4 is 20.2 Å². The number of ether oxygens (including phenoxy) is 2. The summed E-state index contributed by atoms with van der Waals surface area (Å²) in [5.41, 5.74) is 4.55. The normalized spacial score (nSPS) is 13.6. The Labute approximate surface area is 123 Å². The lowest BCUT2D eigenvalue weighted by atomic mass is 10.1. The molecule has 0 aromatic heterocycles. The van der Waals surface area contributed by atoms with Gasteiger partial charge in [0.25, 0.3) is 0 Å². The predicted molar refractivity (Wildman–Crippen MR) is 83.6 cm³/mol. The Morgan fingerprint density at radius 3 is 2.90 bits per heavy atom. The molecule has 1 aromatic rings. The van der Waals surface area contributed by atoms with Gasteiger partial charge < -0.3 is 14.8 Å². The molecule has 5 nitrogen and oxygen atoms in total. The molecule has 0 saturated heterocycles. The largest absolute Gasteiger partial charge is 0.486 e. The first-order valence-electron chi connectivity index (χ1n) is 6.30. The number of benzene rings is 1. The number of hydrogen-bond acceptors (Lipinski definition) is 4. The van der Waals surface area contributed by atoms with Crippen molar-refractivity contribution in [3.05, 3.63) is 36.4 Å². The fraction of sp³-hybridized carbons (Fsp3) is 0.286. The SMILES string of the molecule is C=CCNC(=S)N/N=C(\C)c1ccc2c(c1)OCCO2. The van der Waals surface area contributed by atoms with Gasteiger partial charge in [-0.25, -0.2) is 0 Å². The van der Waals surface area contributed by atoms with Crippen LogP contribution in [0.2, 0.25) is 0 Å². The number of rotatable bonds is 4. The maximum Gasteiger partial charge on any atom is 0.187 e. The van der Waals surface area contributed by atoms with Crippen LogP contribution in [0.1, 0.15) is 12.5 Å². The number of thiocarbonyl (C=S) groups is 1. The highest BCUT2D eigenvalue weighted by atomic mass is 32.1. The fourth-order valence-electron chi connectivity index (χ4n) is 1.67. The summed E-state index contributed by atoms with van der Waals surface area (Å²) in [7, 11) is 0. The van der Waals surface area contributed by atoms with E-state index in [-0.39, 0.29) is 0 Å². The highest BCUT2D eigenvalue weighted by Crippen LogP contribution is 2.30. The molecule has 1 aromatic carbocycles. The Morgan fingerprint density at radius 2 is 2.15 bits per heavy atom. The summed E-state index contributed by atoms with van der Waals surface area (Å²) in [5, 5.41) is 7.63. The van der Waals surface area contributed by atoms with Crippen LogP contribution >= 0.6 is 12.2 Å². The molecule has 0 unspecified atom stereocenters. The maximum atomic E-state index is 5.54. The zero-order valence-electron chi connectivity index (χ0n) is 11.3. The average Bonchev–Trinajstić information content (AvgIpc) is 2.50. The van der Waals surface area contributed by atoms with E-state index in [1.54, 1.807) is 6.08 Å². The Kier molecular flexibility index (Phi) is 4.95. The van der Waals surface area contributed by atoms with Crippen LogP contribution in [0.3, 0.4) is 0 Å². The maximum absolute atomic E-state index is 5.54. The van der Waals surface area contributed by atoms with Crippen molar-refractivity contribution >= 4 is 23.0 Å². The highest BCUT2D eigenvalue weighted by molar-refractivity contribution is 7.80. The molecule has 0 spiro atoms. The molecule has 1 aliphatic heterocycles. The van der Waals surface area contributed by atoms with Crippen LogP contribution in [0.4, 0.5) is 0 Å². The smallest absolute Gasteiger partial charge is 0.187 e. The molecule has 0 radical (unpaired) electrons. The zero-order valence-corrected chi connectivity index (χ0v) is 12.1. The summed E-state index contributed by atoms with van der Waals surface area (Å²) in [6, 6.07) is 5.74. The van der Waals surface area contributed by atoms with Crippen LogP contribution in [-0.2, 0) is 0 Å². The molecule has 1 aliphatic rings. The second-order valence-electron chi connectivity index (χ2n) is 4.17. The van der Waals surface area contributed by atoms with E-state index >= 15 is 0 Å². The van der Waals surface area contributed by atoms with Crippen LogP contribution in [0.25, 0.3) is 0 Å². The van der Waals surface area contributed by atoms with Crippen molar-refractivity contribution < 1.29 is 9.47 Å². The van der Waals surface area contributed by atoms with Gasteiger partial charge in [0.05, 0.1) is 5.71 Å². The molecule has 0 saturated carbocycles. The van der Waals surface area contributed by atoms with Gasteiger partial charge in [0.15, 0.2) is 16.6 Å². The zero-order chi connectivity index (χ0) is 14.4. The van der Waals surface area contributed by atoms with E-state index in [2.05, 4.69) is 22.4 Å². The van der Waals surface area contributed by atoms with Crippen molar-refractivity contribution in [3.63, 3.8) is 0 Å². The van der Waals surface area contributed by atoms with Gasteiger partial charge in [-0.1, -0.05) is 6.08 Å². The summed E-state index contributed by atoms with van der Waals surface area (Å²) < 4.78 is 11.0. The lowest BCUT2D eigenvalue weighted by Crippen LogP contribution is -2.32. The number of hydrogen-bond donors (Lipinski definition) is 2. The van der Waals surface area contributed by atoms with E-state index in [1.807, 2.05) is 25.1 Å². The van der Waals surface area contributed by atoms with E-state index in [1.165, 1.54) is 0 Å². The lowest BCUT2D eigenvalue weighted by Gasteiger charge is -2.18. The summed E-state index contributed by atoms with van der Waals surface area (Å²) in [5.74, 6) is 1.51. The molecular weight excluding hydrogens is 274 g/mol. The van der Waals surface area contributed by atoms with Crippen molar-refractivity contribution in [2.45, 2.75) is 6.92 Å². The van der Waals surface area contributed by atoms with Crippen LogP contribution in [0, 0.1) is 0 Å². The van der Waals surface area contributed by atoms with E-state index < -0.39 is 0 Å². The summed E-state index contributed by atoms with van der Waals surface area (Å²) in [6.07, 6.45) is 1.73. The van der Waals surface area contributed by atoms with Crippen molar-refractivity contribution in [2.24, 2.45) is 5.10 Å². The molecule has 0 amide bonds. The Bertz CT molecular complexity index is 543. The first-order chi connectivity index (χ1) is 9.70. The highest BCUT2D eigenvalue weighted by Gasteiger charge is 2.12. The molecule has 2 rings (SSSR count). The minimum absolute atomic E-state index is 0.460. The first-order valence-corrected chi connectivity index (χ1v) is 6.70. The van der Waals surface area contributed by atoms with Crippen LogP contribution in [0.15, 0.2) is 36.0 Å². The standard InChI is InChI=1S/C14H17N3O2S/c1-3-6-15-14(20)17-16-10(2)11-4-5-12-13(9-11)19-8-7-18-12/h3-5,9H,1,6-8H2,2H3,(H2,15,17,20)/b16-10+. The van der Waals surface area contributed by atoms with Gasteiger partial charge in [-0.3, -0.25) is 5.43 Å². The Balaban J connectivity index is 2.03. The molecule has 20 heavy (non-hydrogen) atoms. The molecule has 0 fully saturated rings. The number of nitrogens with zero attached hydrogens (tertiary/aromatic N) is 1. The first kappa shape index (κ1) is 14.3. The molecule has 6 heteroatoms. The second-order valence-corrected chi connectivity index (χ2v) is 4.57. The molecular formula is C14H17N3O2S. The second kappa shape index (κ2) is 6.91. The van der Waals surface area contributed by atoms with Crippen molar-refractivity contribution in [3.8, 4) is 11.5 Å². The van der Waals surface area contributed by atoms with Crippen LogP contribution in [-0.4, -0.2) is 30.6 Å². The molecule has 106 valence electrons. The molecule has 0 bridgehead atoms. The average molecular weight is 291 g/mol. The fourth-order valence-corrected chi connectivity index (χ4v) is 1.80. The summed E-state index contributed by atoms with van der Waals surface area (Å²) >= 11 is 5.06. The van der Waals surface area contributed by atoms with Gasteiger partial charge in [-0.05, 0) is 37.3 Å². The minimum Gasteiger partial charge on any atom is -0.486 e. The van der Waals surface area contributed by atoms with Gasteiger partial charge in [-0.15, -0.1) is 6.58 Å². The molecule has 0 atom stereocenters.